The van der Waals surface area contributed by atoms with Crippen LogP contribution < -0.4 is 15.6 Å². The quantitative estimate of drug-likeness (QED) is 0.229. The summed E-state index contributed by atoms with van der Waals surface area (Å²) in [5, 5.41) is 3.25. The number of methoxy groups -OCH3 is 1. The summed E-state index contributed by atoms with van der Waals surface area (Å²) in [6.07, 6.45) is 4.68. The average molecular weight is 525 g/mol. The van der Waals surface area contributed by atoms with Crippen LogP contribution in [0.25, 0.3) is 11.7 Å². The second-order valence-corrected chi connectivity index (χ2v) is 9.69. The highest BCUT2D eigenvalue weighted by atomic mass is 32.2. The van der Waals surface area contributed by atoms with Gasteiger partial charge < -0.3 is 14.8 Å². The number of thioether (sulfide) groups is 1. The number of carbonyl (C=O) groups excluding carboxylic acids is 1. The van der Waals surface area contributed by atoms with Crippen LogP contribution in [0.15, 0.2) is 58.4 Å². The number of pyridine rings is 1. The maximum atomic E-state index is 13.3. The fourth-order valence-corrected chi connectivity index (χ4v) is 5.04. The molecule has 3 heterocycles. The second-order valence-electron chi connectivity index (χ2n) is 8.02. The van der Waals surface area contributed by atoms with Gasteiger partial charge in [0, 0.05) is 32.5 Å². The van der Waals surface area contributed by atoms with Crippen LogP contribution in [0.3, 0.4) is 0 Å². The Morgan fingerprint density at radius 2 is 1.97 bits per heavy atom. The van der Waals surface area contributed by atoms with Crippen LogP contribution in [0, 0.1) is 0 Å². The SMILES string of the molecule is CCOCCCNc1nc2ccccn2c(=O)c1/C=C1\SC(=S)N(CCc2ccc(OC)cc2)C1=O. The highest BCUT2D eigenvalue weighted by Crippen LogP contribution is 2.33. The standard InChI is InChI=1S/C26H28N4O4S2/c1-3-34-16-6-13-27-23-20(24(31)29-14-5-4-7-22(29)28-23)17-21-25(32)30(26(35)36-21)15-12-18-8-10-19(33-2)11-9-18/h4-5,7-11,14,17,27H,3,6,12-13,15-16H2,1-2H3/b21-17-. The minimum atomic E-state index is -0.253. The van der Waals surface area contributed by atoms with Gasteiger partial charge in [0.25, 0.3) is 11.5 Å². The molecule has 0 saturated carbocycles. The molecule has 3 aromatic rings. The molecule has 2 aromatic heterocycles. The summed E-state index contributed by atoms with van der Waals surface area (Å²) in [5.74, 6) is 1.01. The smallest absolute Gasteiger partial charge is 0.267 e. The van der Waals surface area contributed by atoms with E-state index in [4.69, 9.17) is 21.7 Å². The number of ether oxygens (including phenoxy) is 2. The lowest BCUT2D eigenvalue weighted by Crippen LogP contribution is -2.30. The van der Waals surface area contributed by atoms with Crippen molar-refractivity contribution in [3.05, 3.63) is 75.0 Å². The molecule has 0 aliphatic carbocycles. The summed E-state index contributed by atoms with van der Waals surface area (Å²) in [5.41, 5.74) is 1.67. The summed E-state index contributed by atoms with van der Waals surface area (Å²) in [6.45, 7) is 4.24. The molecule has 10 heteroatoms. The molecule has 1 N–H and O–H groups in total. The van der Waals surface area contributed by atoms with Gasteiger partial charge in [-0.25, -0.2) is 4.98 Å². The van der Waals surface area contributed by atoms with E-state index in [-0.39, 0.29) is 11.5 Å². The molecule has 4 rings (SSSR count). The molecule has 1 fully saturated rings. The molecule has 8 nitrogen and oxygen atoms in total. The normalized spacial score (nSPS) is 14.7. The predicted molar refractivity (Wildman–Crippen MR) is 148 cm³/mol. The molecule has 188 valence electrons. The number of hydrogen-bond acceptors (Lipinski definition) is 8. The number of nitrogens with zero attached hydrogens (tertiary/aromatic N) is 3. The zero-order chi connectivity index (χ0) is 25.5. The molecule has 0 atom stereocenters. The third-order valence-electron chi connectivity index (χ3n) is 5.66. The number of anilines is 1. The highest BCUT2D eigenvalue weighted by Gasteiger charge is 2.32. The summed E-state index contributed by atoms with van der Waals surface area (Å²) in [7, 11) is 1.63. The van der Waals surface area contributed by atoms with Crippen LogP contribution >= 0.6 is 24.0 Å². The van der Waals surface area contributed by atoms with E-state index in [9.17, 15) is 9.59 Å². The van der Waals surface area contributed by atoms with Gasteiger partial charge in [0.2, 0.25) is 0 Å². The van der Waals surface area contributed by atoms with Crippen molar-refractivity contribution in [2.75, 3.05) is 38.7 Å². The molecule has 0 unspecified atom stereocenters. The zero-order valence-electron chi connectivity index (χ0n) is 20.2. The van der Waals surface area contributed by atoms with Crippen molar-refractivity contribution in [2.45, 2.75) is 19.8 Å². The van der Waals surface area contributed by atoms with Crippen LogP contribution in [0.5, 0.6) is 5.75 Å². The summed E-state index contributed by atoms with van der Waals surface area (Å²) < 4.78 is 12.5. The van der Waals surface area contributed by atoms with E-state index in [1.54, 1.807) is 36.4 Å². The third kappa shape index (κ3) is 5.95. The molecule has 1 aromatic carbocycles. The van der Waals surface area contributed by atoms with Crippen LogP contribution in [-0.4, -0.2) is 57.9 Å². The minimum Gasteiger partial charge on any atom is -0.497 e. The number of carbonyl (C=O) groups is 1. The Balaban J connectivity index is 1.56. The van der Waals surface area contributed by atoms with Gasteiger partial charge in [-0.2, -0.15) is 0 Å². The number of amides is 1. The largest absolute Gasteiger partial charge is 0.497 e. The van der Waals surface area contributed by atoms with Crippen molar-refractivity contribution in [1.29, 1.82) is 0 Å². The topological polar surface area (TPSA) is 85.2 Å². The van der Waals surface area contributed by atoms with Gasteiger partial charge >= 0.3 is 0 Å². The van der Waals surface area contributed by atoms with E-state index < -0.39 is 0 Å². The predicted octanol–water partition coefficient (Wildman–Crippen LogP) is 3.99. The van der Waals surface area contributed by atoms with E-state index in [0.717, 1.165) is 17.7 Å². The van der Waals surface area contributed by atoms with Crippen molar-refractivity contribution < 1.29 is 14.3 Å². The fraction of sp³-hybridized carbons (Fsp3) is 0.308. The Hall–Kier alpha value is -3.21. The molecule has 36 heavy (non-hydrogen) atoms. The summed E-state index contributed by atoms with van der Waals surface area (Å²) in [6, 6.07) is 13.1. The van der Waals surface area contributed by atoms with Gasteiger partial charge in [-0.1, -0.05) is 42.2 Å². The first kappa shape index (κ1) is 25.9. The number of aromatic nitrogens is 2. The number of hydrogen-bond donors (Lipinski definition) is 1. The average Bonchev–Trinajstić information content (AvgIpc) is 3.16. The molecule has 0 spiro atoms. The van der Waals surface area contributed by atoms with Gasteiger partial charge in [0.05, 0.1) is 17.6 Å². The fourth-order valence-electron chi connectivity index (χ4n) is 3.75. The Morgan fingerprint density at radius 1 is 1.17 bits per heavy atom. The van der Waals surface area contributed by atoms with E-state index in [0.29, 0.717) is 59.0 Å². The Labute approximate surface area is 219 Å². The maximum absolute atomic E-state index is 13.3. The van der Waals surface area contributed by atoms with Gasteiger partial charge in [-0.3, -0.25) is 18.9 Å². The molecule has 1 amide bonds. The number of nitrogens with one attached hydrogen (secondary N) is 1. The molecule has 1 aliphatic rings. The zero-order valence-corrected chi connectivity index (χ0v) is 21.9. The molecule has 0 radical (unpaired) electrons. The molecular formula is C26H28N4O4S2. The van der Waals surface area contributed by atoms with Crippen LogP contribution in [0.4, 0.5) is 5.82 Å². The third-order valence-corrected chi connectivity index (χ3v) is 7.04. The molecule has 1 saturated heterocycles. The van der Waals surface area contributed by atoms with Gasteiger partial charge in [-0.15, -0.1) is 0 Å². The van der Waals surface area contributed by atoms with Crippen LogP contribution in [0.1, 0.15) is 24.5 Å². The molecule has 1 aliphatic heterocycles. The first-order valence-corrected chi connectivity index (χ1v) is 13.0. The van der Waals surface area contributed by atoms with E-state index in [2.05, 4.69) is 10.3 Å². The Kier molecular flexibility index (Phi) is 8.74. The highest BCUT2D eigenvalue weighted by molar-refractivity contribution is 8.26. The van der Waals surface area contributed by atoms with Crippen molar-refractivity contribution in [1.82, 2.24) is 14.3 Å². The van der Waals surface area contributed by atoms with Crippen molar-refractivity contribution in [3.8, 4) is 5.75 Å². The maximum Gasteiger partial charge on any atom is 0.267 e. The van der Waals surface area contributed by atoms with Crippen molar-refractivity contribution >= 4 is 51.7 Å². The van der Waals surface area contributed by atoms with E-state index in [1.165, 1.54) is 16.2 Å². The Bertz CT molecular complexity index is 1340. The number of fused-ring (bicyclic) bond motifs is 1. The van der Waals surface area contributed by atoms with Crippen LogP contribution in [0.2, 0.25) is 0 Å². The lowest BCUT2D eigenvalue weighted by molar-refractivity contribution is -0.122. The van der Waals surface area contributed by atoms with E-state index >= 15 is 0 Å². The summed E-state index contributed by atoms with van der Waals surface area (Å²) >= 11 is 6.70. The lowest BCUT2D eigenvalue weighted by atomic mass is 10.1. The molecule has 0 bridgehead atoms. The Morgan fingerprint density at radius 3 is 2.72 bits per heavy atom. The van der Waals surface area contributed by atoms with Gasteiger partial charge in [0.15, 0.2) is 0 Å². The first-order valence-electron chi connectivity index (χ1n) is 11.7. The summed E-state index contributed by atoms with van der Waals surface area (Å²) in [4.78, 5) is 33.2. The van der Waals surface area contributed by atoms with E-state index in [1.807, 2.05) is 37.3 Å². The van der Waals surface area contributed by atoms with Gasteiger partial charge in [-0.05, 0) is 55.7 Å². The molecular weight excluding hydrogens is 496 g/mol. The lowest BCUT2D eigenvalue weighted by Gasteiger charge is -2.14. The minimum absolute atomic E-state index is 0.210. The second kappa shape index (κ2) is 12.2. The number of benzene rings is 1. The van der Waals surface area contributed by atoms with Crippen molar-refractivity contribution in [2.24, 2.45) is 0 Å². The van der Waals surface area contributed by atoms with Crippen molar-refractivity contribution in [3.63, 3.8) is 0 Å². The number of rotatable bonds is 11. The number of thiocarbonyl (C=S) groups is 1. The monoisotopic (exact) mass is 524 g/mol. The van der Waals surface area contributed by atoms with Crippen LogP contribution in [-0.2, 0) is 16.0 Å². The first-order chi connectivity index (χ1) is 17.5. The van der Waals surface area contributed by atoms with Gasteiger partial charge in [0.1, 0.15) is 21.5 Å².